The van der Waals surface area contributed by atoms with Gasteiger partial charge in [-0.05, 0) is 37.1 Å². The molecule has 1 N–H and O–H groups in total. The lowest BCUT2D eigenvalue weighted by Crippen LogP contribution is -2.40. The maximum absolute atomic E-state index is 12.6. The van der Waals surface area contributed by atoms with Crippen molar-refractivity contribution in [1.29, 1.82) is 0 Å². The second-order valence-electron chi connectivity index (χ2n) is 7.35. The Hall–Kier alpha value is -3.26. The van der Waals surface area contributed by atoms with Crippen LogP contribution >= 0.6 is 0 Å². The van der Waals surface area contributed by atoms with Crippen LogP contribution in [0.25, 0.3) is 11.1 Å². The van der Waals surface area contributed by atoms with E-state index >= 15 is 0 Å². The maximum atomic E-state index is 12.6. The molecule has 2 aliphatic heterocycles. The Kier molecular flexibility index (Phi) is 4.48. The molecule has 1 amide bonds. The molecule has 8 heteroatoms. The van der Waals surface area contributed by atoms with Gasteiger partial charge in [-0.25, -0.2) is 4.79 Å². The summed E-state index contributed by atoms with van der Waals surface area (Å²) in [5.41, 5.74) is 2.09. The third-order valence-corrected chi connectivity index (χ3v) is 5.51. The molecule has 150 valence electrons. The van der Waals surface area contributed by atoms with Crippen LogP contribution in [-0.4, -0.2) is 35.3 Å². The zero-order valence-corrected chi connectivity index (χ0v) is 15.8. The van der Waals surface area contributed by atoms with Crippen molar-refractivity contribution in [3.8, 4) is 11.5 Å². The number of ether oxygens (including phenoxy) is 2. The first kappa shape index (κ1) is 17.8. The fourth-order valence-corrected chi connectivity index (χ4v) is 3.90. The van der Waals surface area contributed by atoms with E-state index in [9.17, 15) is 9.59 Å². The molecular weight excluding hydrogens is 374 g/mol. The van der Waals surface area contributed by atoms with Gasteiger partial charge in [0.15, 0.2) is 17.1 Å². The van der Waals surface area contributed by atoms with Crippen molar-refractivity contribution >= 4 is 22.7 Å². The molecule has 0 unspecified atom stereocenters. The SMILES string of the molecule is O=C(Nc1ccc2c(c1)OCO2)C1CCN(Cn2c(=O)oc3ccccc32)CC1. The lowest BCUT2D eigenvalue weighted by molar-refractivity contribution is -0.121. The van der Waals surface area contributed by atoms with Gasteiger partial charge in [-0.15, -0.1) is 0 Å². The maximum Gasteiger partial charge on any atom is 0.421 e. The summed E-state index contributed by atoms with van der Waals surface area (Å²) in [4.78, 5) is 27.0. The second-order valence-corrected chi connectivity index (χ2v) is 7.35. The molecule has 3 heterocycles. The first-order chi connectivity index (χ1) is 14.2. The molecule has 0 saturated carbocycles. The average molecular weight is 395 g/mol. The van der Waals surface area contributed by atoms with E-state index in [0.29, 0.717) is 29.4 Å². The Morgan fingerprint density at radius 2 is 1.86 bits per heavy atom. The molecule has 3 aromatic rings. The zero-order chi connectivity index (χ0) is 19.8. The normalized spacial score (nSPS) is 17.0. The van der Waals surface area contributed by atoms with Crippen molar-refractivity contribution in [2.45, 2.75) is 19.5 Å². The van der Waals surface area contributed by atoms with E-state index in [2.05, 4.69) is 10.2 Å². The molecule has 1 aromatic heterocycles. The highest BCUT2D eigenvalue weighted by molar-refractivity contribution is 5.93. The number of benzene rings is 2. The quantitative estimate of drug-likeness (QED) is 0.731. The number of anilines is 1. The zero-order valence-electron chi connectivity index (χ0n) is 15.8. The van der Waals surface area contributed by atoms with Crippen LogP contribution < -0.4 is 20.5 Å². The number of aromatic nitrogens is 1. The molecule has 1 fully saturated rings. The molecular formula is C21H21N3O5. The Labute approximate surface area is 166 Å². The number of carbonyl (C=O) groups is 1. The Morgan fingerprint density at radius 3 is 2.72 bits per heavy atom. The van der Waals surface area contributed by atoms with Crippen molar-refractivity contribution in [1.82, 2.24) is 9.47 Å². The average Bonchev–Trinajstić information content (AvgIpc) is 3.32. The Morgan fingerprint density at radius 1 is 1.07 bits per heavy atom. The van der Waals surface area contributed by atoms with Crippen molar-refractivity contribution < 1.29 is 18.7 Å². The largest absolute Gasteiger partial charge is 0.454 e. The molecule has 2 aliphatic rings. The van der Waals surface area contributed by atoms with Crippen LogP contribution in [0.3, 0.4) is 0 Å². The minimum atomic E-state index is -0.353. The van der Waals surface area contributed by atoms with Gasteiger partial charge in [0, 0.05) is 30.8 Å². The minimum Gasteiger partial charge on any atom is -0.454 e. The van der Waals surface area contributed by atoms with Crippen LogP contribution in [0.2, 0.25) is 0 Å². The standard InChI is InChI=1S/C21H21N3O5/c25-20(22-15-5-6-18-19(11-15)28-13-27-18)14-7-9-23(10-8-14)12-24-16-3-1-2-4-17(16)29-21(24)26/h1-6,11,14H,7-10,12-13H2,(H,22,25). The number of carbonyl (C=O) groups excluding carboxylic acids is 1. The van der Waals surface area contributed by atoms with Crippen molar-refractivity contribution in [3.05, 3.63) is 53.0 Å². The lowest BCUT2D eigenvalue weighted by atomic mass is 9.96. The van der Waals surface area contributed by atoms with Crippen molar-refractivity contribution in [2.24, 2.45) is 5.92 Å². The summed E-state index contributed by atoms with van der Waals surface area (Å²) < 4.78 is 17.6. The number of likely N-dealkylation sites (tertiary alicyclic amines) is 1. The van der Waals surface area contributed by atoms with Gasteiger partial charge in [0.1, 0.15) is 0 Å². The van der Waals surface area contributed by atoms with Crippen LogP contribution in [0.15, 0.2) is 51.7 Å². The fraction of sp³-hybridized carbons (Fsp3) is 0.333. The molecule has 1 saturated heterocycles. The summed E-state index contributed by atoms with van der Waals surface area (Å²) in [6.45, 7) is 2.16. The topological polar surface area (TPSA) is 85.9 Å². The molecule has 29 heavy (non-hydrogen) atoms. The van der Waals surface area contributed by atoms with Gasteiger partial charge >= 0.3 is 5.76 Å². The van der Waals surface area contributed by atoms with E-state index < -0.39 is 0 Å². The fourth-order valence-electron chi connectivity index (χ4n) is 3.90. The van der Waals surface area contributed by atoms with Gasteiger partial charge in [0.25, 0.3) is 0 Å². The molecule has 8 nitrogen and oxygen atoms in total. The van der Waals surface area contributed by atoms with Gasteiger partial charge < -0.3 is 19.2 Å². The summed E-state index contributed by atoms with van der Waals surface area (Å²) in [7, 11) is 0. The molecule has 2 aromatic carbocycles. The van der Waals surface area contributed by atoms with E-state index in [0.717, 1.165) is 31.4 Å². The summed E-state index contributed by atoms with van der Waals surface area (Å²) >= 11 is 0. The number of amides is 1. The van der Waals surface area contributed by atoms with Crippen molar-refractivity contribution in [3.63, 3.8) is 0 Å². The highest BCUT2D eigenvalue weighted by Crippen LogP contribution is 2.34. The number of hydrogen-bond donors (Lipinski definition) is 1. The van der Waals surface area contributed by atoms with Gasteiger partial charge in [-0.3, -0.25) is 14.3 Å². The third kappa shape index (κ3) is 3.47. The van der Waals surface area contributed by atoms with Gasteiger partial charge in [0.2, 0.25) is 12.7 Å². The third-order valence-electron chi connectivity index (χ3n) is 5.51. The van der Waals surface area contributed by atoms with Gasteiger partial charge in [0.05, 0.1) is 12.2 Å². The summed E-state index contributed by atoms with van der Waals surface area (Å²) in [5.74, 6) is 0.937. The summed E-state index contributed by atoms with van der Waals surface area (Å²) in [5, 5.41) is 2.97. The molecule has 0 bridgehead atoms. The van der Waals surface area contributed by atoms with E-state index in [4.69, 9.17) is 13.9 Å². The number of nitrogens with zero attached hydrogens (tertiary/aromatic N) is 2. The highest BCUT2D eigenvalue weighted by atomic mass is 16.7. The smallest absolute Gasteiger partial charge is 0.421 e. The number of fused-ring (bicyclic) bond motifs is 2. The highest BCUT2D eigenvalue weighted by Gasteiger charge is 2.26. The van der Waals surface area contributed by atoms with E-state index in [-0.39, 0.29) is 24.4 Å². The number of piperidine rings is 1. The van der Waals surface area contributed by atoms with Crippen LogP contribution in [0.4, 0.5) is 5.69 Å². The Bertz CT molecular complexity index is 1110. The number of para-hydroxylation sites is 2. The molecule has 0 aliphatic carbocycles. The summed E-state index contributed by atoms with van der Waals surface area (Å²) in [6.07, 6.45) is 1.47. The van der Waals surface area contributed by atoms with E-state index in [1.54, 1.807) is 22.8 Å². The van der Waals surface area contributed by atoms with Crippen LogP contribution in [0.1, 0.15) is 12.8 Å². The van der Waals surface area contributed by atoms with Crippen LogP contribution in [0, 0.1) is 5.92 Å². The predicted octanol–water partition coefficient (Wildman–Crippen LogP) is 2.63. The van der Waals surface area contributed by atoms with Crippen molar-refractivity contribution in [2.75, 3.05) is 25.2 Å². The summed E-state index contributed by atoms with van der Waals surface area (Å²) in [6, 6.07) is 12.8. The monoisotopic (exact) mass is 395 g/mol. The van der Waals surface area contributed by atoms with Gasteiger partial charge in [-0.2, -0.15) is 0 Å². The minimum absolute atomic E-state index is 0.00874. The number of hydrogen-bond acceptors (Lipinski definition) is 6. The van der Waals surface area contributed by atoms with E-state index in [1.165, 1.54) is 0 Å². The first-order valence-corrected chi connectivity index (χ1v) is 9.68. The molecule has 0 atom stereocenters. The first-order valence-electron chi connectivity index (χ1n) is 9.68. The molecule has 0 spiro atoms. The van der Waals surface area contributed by atoms with Crippen LogP contribution in [0.5, 0.6) is 11.5 Å². The molecule has 0 radical (unpaired) electrons. The number of nitrogens with one attached hydrogen (secondary N) is 1. The molecule has 5 rings (SSSR count). The number of rotatable bonds is 4. The van der Waals surface area contributed by atoms with Gasteiger partial charge in [-0.1, -0.05) is 12.1 Å². The number of oxazole rings is 1. The predicted molar refractivity (Wildman–Crippen MR) is 106 cm³/mol. The second kappa shape index (κ2) is 7.29. The lowest BCUT2D eigenvalue weighted by Gasteiger charge is -2.31. The Balaban J connectivity index is 1.19. The van der Waals surface area contributed by atoms with Crippen LogP contribution in [-0.2, 0) is 11.5 Å². The van der Waals surface area contributed by atoms with E-state index in [1.807, 2.05) is 24.3 Å².